The molecule has 0 aromatic heterocycles. The third kappa shape index (κ3) is 6.87. The van der Waals surface area contributed by atoms with Gasteiger partial charge in [0.25, 0.3) is 0 Å². The minimum Gasteiger partial charge on any atom is -0.496 e. The second-order valence-corrected chi connectivity index (χ2v) is 8.70. The van der Waals surface area contributed by atoms with Crippen molar-refractivity contribution in [1.82, 2.24) is 14.9 Å². The lowest BCUT2D eigenvalue weighted by Gasteiger charge is -2.32. The molecule has 0 unspecified atom stereocenters. The number of guanidine groups is 1. The predicted molar refractivity (Wildman–Crippen MR) is 121 cm³/mol. The van der Waals surface area contributed by atoms with Crippen LogP contribution in [0.15, 0.2) is 23.2 Å². The van der Waals surface area contributed by atoms with Crippen molar-refractivity contribution in [2.45, 2.75) is 44.8 Å². The summed E-state index contributed by atoms with van der Waals surface area (Å²) < 4.78 is 66.9. The number of hydrogen-bond donors (Lipinski definition) is 2. The Balaban J connectivity index is 0.00000450. The highest BCUT2D eigenvalue weighted by Gasteiger charge is 2.50. The van der Waals surface area contributed by atoms with Gasteiger partial charge in [0.05, 0.1) is 13.7 Å². The third-order valence-corrected chi connectivity index (χ3v) is 6.29. The molecule has 2 rings (SSSR count). The summed E-state index contributed by atoms with van der Waals surface area (Å²) in [5, 5.41) is 6.28. The normalized spacial score (nSPS) is 16.7. The number of halogens is 4. The zero-order valence-electron chi connectivity index (χ0n) is 17.1. The molecule has 30 heavy (non-hydrogen) atoms. The molecule has 0 atom stereocenters. The fourth-order valence-corrected chi connectivity index (χ4v) is 4.02. The van der Waals surface area contributed by atoms with Crippen LogP contribution >= 0.6 is 24.0 Å². The number of aryl methyl sites for hydroxylation is 1. The molecule has 1 fully saturated rings. The van der Waals surface area contributed by atoms with Crippen LogP contribution in [0.4, 0.5) is 13.2 Å². The zero-order chi connectivity index (χ0) is 21.7. The van der Waals surface area contributed by atoms with Gasteiger partial charge in [0.2, 0.25) is 0 Å². The van der Waals surface area contributed by atoms with E-state index in [4.69, 9.17) is 4.74 Å². The Morgan fingerprint density at radius 3 is 2.47 bits per heavy atom. The second kappa shape index (κ2) is 11.4. The smallest absolute Gasteiger partial charge is 0.496 e. The first kappa shape index (κ1) is 26.8. The van der Waals surface area contributed by atoms with Gasteiger partial charge in [-0.3, -0.25) is 0 Å². The highest BCUT2D eigenvalue weighted by atomic mass is 127. The van der Waals surface area contributed by atoms with Gasteiger partial charge in [-0.2, -0.15) is 17.5 Å². The van der Waals surface area contributed by atoms with Gasteiger partial charge in [0, 0.05) is 25.7 Å². The first-order chi connectivity index (χ1) is 13.6. The summed E-state index contributed by atoms with van der Waals surface area (Å²) >= 11 is 0. The van der Waals surface area contributed by atoms with Gasteiger partial charge in [-0.15, -0.1) is 24.0 Å². The van der Waals surface area contributed by atoms with E-state index in [-0.39, 0.29) is 55.9 Å². The van der Waals surface area contributed by atoms with Gasteiger partial charge in [-0.1, -0.05) is 12.1 Å². The Morgan fingerprint density at radius 1 is 1.30 bits per heavy atom. The Morgan fingerprint density at radius 2 is 1.93 bits per heavy atom. The summed E-state index contributed by atoms with van der Waals surface area (Å²) in [5.74, 6) is 1.30. The van der Waals surface area contributed by atoms with Crippen LogP contribution in [0.1, 0.15) is 30.9 Å². The Labute approximate surface area is 192 Å². The van der Waals surface area contributed by atoms with Gasteiger partial charge >= 0.3 is 15.5 Å². The minimum absolute atomic E-state index is 0. The van der Waals surface area contributed by atoms with Gasteiger partial charge in [-0.25, -0.2) is 13.4 Å². The fraction of sp³-hybridized carbons (Fsp3) is 0.611. The van der Waals surface area contributed by atoms with E-state index >= 15 is 0 Å². The van der Waals surface area contributed by atoms with Gasteiger partial charge in [0.1, 0.15) is 5.75 Å². The van der Waals surface area contributed by atoms with Crippen LogP contribution in [-0.4, -0.2) is 57.0 Å². The number of piperidine rings is 1. The molecule has 0 saturated carbocycles. The van der Waals surface area contributed by atoms with E-state index in [0.29, 0.717) is 23.4 Å². The average molecular weight is 564 g/mol. The van der Waals surface area contributed by atoms with Crippen molar-refractivity contribution in [3.05, 3.63) is 29.3 Å². The first-order valence-electron chi connectivity index (χ1n) is 9.33. The quantitative estimate of drug-likeness (QED) is 0.316. The third-order valence-electron chi connectivity index (χ3n) is 4.66. The Hall–Kier alpha value is -1.28. The van der Waals surface area contributed by atoms with Crippen LogP contribution in [0.25, 0.3) is 0 Å². The highest BCUT2D eigenvalue weighted by molar-refractivity contribution is 14.0. The lowest BCUT2D eigenvalue weighted by atomic mass is 10.1. The number of methoxy groups -OCH3 is 1. The molecule has 2 N–H and O–H groups in total. The van der Waals surface area contributed by atoms with Crippen LogP contribution in [0.2, 0.25) is 0 Å². The molecule has 1 aliphatic heterocycles. The van der Waals surface area contributed by atoms with Gasteiger partial charge in [-0.05, 0) is 43.9 Å². The number of benzene rings is 1. The molecule has 0 spiro atoms. The topological polar surface area (TPSA) is 83.0 Å². The van der Waals surface area contributed by atoms with E-state index in [1.807, 2.05) is 32.0 Å². The van der Waals surface area contributed by atoms with Crippen LogP contribution in [0, 0.1) is 6.92 Å². The zero-order valence-corrected chi connectivity index (χ0v) is 20.3. The molecule has 172 valence electrons. The van der Waals surface area contributed by atoms with E-state index < -0.39 is 15.5 Å². The van der Waals surface area contributed by atoms with Gasteiger partial charge in [0.15, 0.2) is 5.96 Å². The monoisotopic (exact) mass is 564 g/mol. The number of hydrogen-bond acceptors (Lipinski definition) is 4. The lowest BCUT2D eigenvalue weighted by molar-refractivity contribution is -0.0494. The predicted octanol–water partition coefficient (Wildman–Crippen LogP) is 2.99. The summed E-state index contributed by atoms with van der Waals surface area (Å²) in [7, 11) is -3.67. The number of aliphatic imine (C=N–C) groups is 1. The second-order valence-electron chi connectivity index (χ2n) is 6.77. The average Bonchev–Trinajstić information content (AvgIpc) is 2.67. The summed E-state index contributed by atoms with van der Waals surface area (Å²) in [4.78, 5) is 4.52. The molecule has 1 aromatic rings. The van der Waals surface area contributed by atoms with Crippen LogP contribution in [-0.2, 0) is 16.6 Å². The van der Waals surface area contributed by atoms with Crippen molar-refractivity contribution in [3.8, 4) is 5.75 Å². The van der Waals surface area contributed by atoms with E-state index in [2.05, 4.69) is 15.6 Å². The van der Waals surface area contributed by atoms with E-state index in [0.717, 1.165) is 16.9 Å². The van der Waals surface area contributed by atoms with Crippen molar-refractivity contribution in [1.29, 1.82) is 0 Å². The SMILES string of the molecule is CCNC(=NCc1ccc(C)c(OC)c1)NC1CCN(S(=O)(=O)C(F)(F)F)CC1.I. The molecule has 0 bridgehead atoms. The number of nitrogens with one attached hydrogen (secondary N) is 2. The van der Waals surface area contributed by atoms with Crippen LogP contribution < -0.4 is 15.4 Å². The van der Waals surface area contributed by atoms with E-state index in [1.165, 1.54) is 0 Å². The number of alkyl halides is 3. The molecule has 1 heterocycles. The largest absolute Gasteiger partial charge is 0.511 e. The van der Waals surface area contributed by atoms with Crippen molar-refractivity contribution < 1.29 is 26.3 Å². The molecule has 12 heteroatoms. The van der Waals surface area contributed by atoms with Crippen LogP contribution in [0.3, 0.4) is 0 Å². The summed E-state index contributed by atoms with van der Waals surface area (Å²) in [6.45, 7) is 4.49. The maximum atomic E-state index is 12.7. The number of ether oxygens (including phenoxy) is 1. The molecule has 0 radical (unpaired) electrons. The maximum Gasteiger partial charge on any atom is 0.511 e. The van der Waals surface area contributed by atoms with Crippen molar-refractivity contribution in [3.63, 3.8) is 0 Å². The van der Waals surface area contributed by atoms with Crippen molar-refractivity contribution in [2.24, 2.45) is 4.99 Å². The number of nitrogens with zero attached hydrogens (tertiary/aromatic N) is 2. The van der Waals surface area contributed by atoms with Crippen molar-refractivity contribution in [2.75, 3.05) is 26.7 Å². The summed E-state index contributed by atoms with van der Waals surface area (Å²) in [6.07, 6.45) is 0.524. The Kier molecular flexibility index (Phi) is 10.1. The van der Waals surface area contributed by atoms with E-state index in [9.17, 15) is 21.6 Å². The molecule has 0 aliphatic carbocycles. The van der Waals surface area contributed by atoms with Crippen molar-refractivity contribution >= 4 is 40.0 Å². The minimum atomic E-state index is -5.27. The molecular formula is C18H28F3IN4O3S. The van der Waals surface area contributed by atoms with Crippen LogP contribution in [0.5, 0.6) is 5.75 Å². The highest BCUT2D eigenvalue weighted by Crippen LogP contribution is 2.29. The fourth-order valence-electron chi connectivity index (χ4n) is 3.03. The summed E-state index contributed by atoms with van der Waals surface area (Å²) in [5.41, 5.74) is -3.29. The number of rotatable bonds is 6. The first-order valence-corrected chi connectivity index (χ1v) is 10.8. The Bertz CT molecular complexity index is 826. The lowest BCUT2D eigenvalue weighted by Crippen LogP contribution is -2.51. The molecule has 1 aliphatic rings. The number of sulfonamides is 1. The molecule has 1 aromatic carbocycles. The molecule has 1 saturated heterocycles. The molecule has 0 amide bonds. The maximum absolute atomic E-state index is 12.7. The van der Waals surface area contributed by atoms with Gasteiger partial charge < -0.3 is 15.4 Å². The molecule has 7 nitrogen and oxygen atoms in total. The summed E-state index contributed by atoms with van der Waals surface area (Å²) in [6, 6.07) is 5.63. The molecular weight excluding hydrogens is 536 g/mol. The van der Waals surface area contributed by atoms with E-state index in [1.54, 1.807) is 7.11 Å². The standard InChI is InChI=1S/C18H27F3N4O3S.HI/c1-4-22-17(23-12-14-6-5-13(2)16(11-14)28-3)24-15-7-9-25(10-8-15)29(26,27)18(19,20)21;/h5-6,11,15H,4,7-10,12H2,1-3H3,(H2,22,23,24);1H.